The van der Waals surface area contributed by atoms with Crippen LogP contribution in [0.1, 0.15) is 24.4 Å². The van der Waals surface area contributed by atoms with Crippen LogP contribution in [0.25, 0.3) is 0 Å². The van der Waals surface area contributed by atoms with Crippen LogP contribution in [0, 0.1) is 0 Å². The van der Waals surface area contributed by atoms with Crippen LogP contribution in [0.3, 0.4) is 0 Å². The Morgan fingerprint density at radius 3 is 2.07 bits per heavy atom. The van der Waals surface area contributed by atoms with Crippen molar-refractivity contribution in [2.75, 3.05) is 18.4 Å². The second kappa shape index (κ2) is 9.71. The van der Waals surface area contributed by atoms with E-state index in [-0.39, 0.29) is 32.3 Å². The Balaban J connectivity index is 2.39. The molecule has 2 rings (SSSR count). The molecule has 0 unspecified atom stereocenters. The molecule has 0 aliphatic rings. The van der Waals surface area contributed by atoms with Crippen LogP contribution in [0.2, 0.25) is 15.1 Å². The predicted molar refractivity (Wildman–Crippen MR) is 117 cm³/mol. The number of anilines is 2. The van der Waals surface area contributed by atoms with Crippen molar-refractivity contribution in [1.82, 2.24) is 9.88 Å². The van der Waals surface area contributed by atoms with Crippen molar-refractivity contribution in [3.8, 4) is 0 Å². The number of benzene rings is 1. The Labute approximate surface area is 186 Å². The van der Waals surface area contributed by atoms with Gasteiger partial charge in [0.1, 0.15) is 0 Å². The maximum atomic E-state index is 13.6. The molecular formula is C19H19Cl3F3N3S. The minimum Gasteiger partial charge on any atom is -0.329 e. The van der Waals surface area contributed by atoms with Gasteiger partial charge in [-0.2, -0.15) is 13.2 Å². The molecule has 1 N–H and O–H groups in total. The number of hydrogen-bond acceptors (Lipinski definition) is 4. The van der Waals surface area contributed by atoms with E-state index in [2.05, 4.69) is 23.5 Å². The molecule has 1 aromatic heterocycles. The van der Waals surface area contributed by atoms with E-state index in [0.29, 0.717) is 18.1 Å². The van der Waals surface area contributed by atoms with Crippen LogP contribution in [0.4, 0.5) is 24.0 Å². The zero-order valence-electron chi connectivity index (χ0n) is 15.8. The summed E-state index contributed by atoms with van der Waals surface area (Å²) in [5, 5.41) is 3.49. The zero-order chi connectivity index (χ0) is 21.9. The van der Waals surface area contributed by atoms with Crippen molar-refractivity contribution in [2.45, 2.75) is 26.6 Å². The first-order valence-corrected chi connectivity index (χ1v) is 10.3. The Morgan fingerprint density at radius 1 is 1.10 bits per heavy atom. The minimum atomic E-state index is -4.60. The summed E-state index contributed by atoms with van der Waals surface area (Å²) in [7, 11) is 0. The van der Waals surface area contributed by atoms with Gasteiger partial charge in [-0.1, -0.05) is 70.4 Å². The molecule has 2 aromatic rings. The van der Waals surface area contributed by atoms with Crippen molar-refractivity contribution in [1.29, 1.82) is 0 Å². The third kappa shape index (κ3) is 6.89. The lowest BCUT2D eigenvalue weighted by molar-refractivity contribution is -0.141. The molecule has 1 aromatic carbocycles. The average Bonchev–Trinajstić information content (AvgIpc) is 2.92. The molecule has 0 saturated heterocycles. The van der Waals surface area contributed by atoms with Crippen molar-refractivity contribution in [2.24, 2.45) is 0 Å². The van der Waals surface area contributed by atoms with E-state index in [9.17, 15) is 13.2 Å². The monoisotopic (exact) mass is 483 g/mol. The number of nitrogens with one attached hydrogen (secondary N) is 1. The standard InChI is InChI=1S/C19H19Cl3F3N3S/c1-10(2)7-28(8-11(3)4)9-15-17(19(23,24)25)27-18(29-15)26-16-13(21)5-12(20)6-14(16)22/h5-6H,1,3,7-9H2,2,4H3,(H,26,27). The van der Waals surface area contributed by atoms with Crippen molar-refractivity contribution in [3.05, 3.63) is 62.1 Å². The molecular weight excluding hydrogens is 466 g/mol. The highest BCUT2D eigenvalue weighted by Gasteiger charge is 2.38. The van der Waals surface area contributed by atoms with Gasteiger partial charge in [-0.3, -0.25) is 4.90 Å². The molecule has 0 radical (unpaired) electrons. The minimum absolute atomic E-state index is 0.0315. The smallest absolute Gasteiger partial charge is 0.329 e. The van der Waals surface area contributed by atoms with E-state index < -0.39 is 11.9 Å². The Morgan fingerprint density at radius 2 is 1.62 bits per heavy atom. The average molecular weight is 485 g/mol. The molecule has 10 heteroatoms. The highest BCUT2D eigenvalue weighted by Crippen LogP contribution is 2.40. The molecule has 158 valence electrons. The highest BCUT2D eigenvalue weighted by molar-refractivity contribution is 7.15. The van der Waals surface area contributed by atoms with E-state index in [1.54, 1.807) is 0 Å². The lowest BCUT2D eigenvalue weighted by Gasteiger charge is -2.22. The van der Waals surface area contributed by atoms with Crippen molar-refractivity contribution < 1.29 is 13.2 Å². The molecule has 0 fully saturated rings. The molecule has 0 atom stereocenters. The molecule has 0 amide bonds. The van der Waals surface area contributed by atoms with E-state index in [1.165, 1.54) is 12.1 Å². The topological polar surface area (TPSA) is 28.2 Å². The summed E-state index contributed by atoms with van der Waals surface area (Å²) in [6.45, 7) is 12.3. The summed E-state index contributed by atoms with van der Waals surface area (Å²) in [5.74, 6) is 0. The van der Waals surface area contributed by atoms with E-state index in [4.69, 9.17) is 34.8 Å². The van der Waals surface area contributed by atoms with Crippen LogP contribution < -0.4 is 5.32 Å². The molecule has 3 nitrogen and oxygen atoms in total. The summed E-state index contributed by atoms with van der Waals surface area (Å²) >= 11 is 19.0. The molecule has 1 heterocycles. The number of rotatable bonds is 8. The number of aromatic nitrogens is 1. The Kier molecular flexibility index (Phi) is 8.04. The Bertz CT molecular complexity index is 886. The summed E-state index contributed by atoms with van der Waals surface area (Å²) in [6, 6.07) is 2.88. The van der Waals surface area contributed by atoms with Gasteiger partial charge in [-0.25, -0.2) is 4.98 Å². The highest BCUT2D eigenvalue weighted by atomic mass is 35.5. The summed E-state index contributed by atoms with van der Waals surface area (Å²) in [6.07, 6.45) is -4.60. The lowest BCUT2D eigenvalue weighted by Crippen LogP contribution is -2.27. The number of hydrogen-bond donors (Lipinski definition) is 1. The molecule has 0 saturated carbocycles. The second-order valence-electron chi connectivity index (χ2n) is 6.72. The van der Waals surface area contributed by atoms with Gasteiger partial charge in [-0.15, -0.1) is 0 Å². The number of nitrogens with zero attached hydrogens (tertiary/aromatic N) is 2. The largest absolute Gasteiger partial charge is 0.434 e. The van der Waals surface area contributed by atoms with E-state index >= 15 is 0 Å². The Hall–Kier alpha value is -1.25. The fourth-order valence-corrected chi connectivity index (χ4v) is 4.58. The van der Waals surface area contributed by atoms with Crippen molar-refractivity contribution >= 4 is 57.0 Å². The third-order valence-electron chi connectivity index (χ3n) is 3.56. The van der Waals surface area contributed by atoms with Gasteiger partial charge in [0.2, 0.25) is 0 Å². The van der Waals surface area contributed by atoms with E-state index in [0.717, 1.165) is 22.5 Å². The summed E-state index contributed by atoms with van der Waals surface area (Å²) in [5.41, 5.74) is 0.969. The first-order valence-electron chi connectivity index (χ1n) is 8.36. The van der Waals surface area contributed by atoms with Gasteiger partial charge in [0.05, 0.1) is 20.6 Å². The van der Waals surface area contributed by atoms with Crippen molar-refractivity contribution in [3.63, 3.8) is 0 Å². The van der Waals surface area contributed by atoms with Crippen LogP contribution in [0.5, 0.6) is 0 Å². The summed E-state index contributed by atoms with van der Waals surface area (Å²) in [4.78, 5) is 5.66. The quantitative estimate of drug-likeness (QED) is 0.387. The van der Waals surface area contributed by atoms with Gasteiger partial charge in [0, 0.05) is 24.7 Å². The molecule has 0 aliphatic carbocycles. The lowest BCUT2D eigenvalue weighted by atomic mass is 10.2. The van der Waals surface area contributed by atoms with Gasteiger partial charge in [-0.05, 0) is 26.0 Å². The van der Waals surface area contributed by atoms with Gasteiger partial charge >= 0.3 is 6.18 Å². The second-order valence-corrected chi connectivity index (χ2v) is 9.05. The molecule has 29 heavy (non-hydrogen) atoms. The number of halogens is 6. The molecule has 0 aliphatic heterocycles. The van der Waals surface area contributed by atoms with Crippen LogP contribution in [0.15, 0.2) is 36.4 Å². The van der Waals surface area contributed by atoms with Gasteiger partial charge in [0.25, 0.3) is 0 Å². The van der Waals surface area contributed by atoms with Gasteiger partial charge < -0.3 is 5.32 Å². The fraction of sp³-hybridized carbons (Fsp3) is 0.316. The first kappa shape index (κ1) is 24.0. The fourth-order valence-electron chi connectivity index (χ4n) is 2.64. The number of alkyl halides is 3. The maximum Gasteiger partial charge on any atom is 0.434 e. The SMILES string of the molecule is C=C(C)CN(CC(=C)C)Cc1sc(Nc2c(Cl)cc(Cl)cc2Cl)nc1C(F)(F)F. The normalized spacial score (nSPS) is 11.8. The third-order valence-corrected chi connectivity index (χ3v) is 5.33. The van der Waals surface area contributed by atoms with Crippen LogP contribution >= 0.6 is 46.1 Å². The number of thiazole rings is 1. The van der Waals surface area contributed by atoms with Crippen LogP contribution in [-0.4, -0.2) is 23.0 Å². The molecule has 0 spiro atoms. The zero-order valence-corrected chi connectivity index (χ0v) is 18.8. The first-order chi connectivity index (χ1) is 13.4. The van der Waals surface area contributed by atoms with E-state index in [1.807, 2.05) is 18.7 Å². The maximum absolute atomic E-state index is 13.6. The predicted octanol–water partition coefficient (Wildman–Crippen LogP) is 7.82. The van der Waals surface area contributed by atoms with Gasteiger partial charge in [0.15, 0.2) is 10.8 Å². The van der Waals surface area contributed by atoms with Crippen LogP contribution in [-0.2, 0) is 12.7 Å². The molecule has 0 bridgehead atoms. The summed E-state index contributed by atoms with van der Waals surface area (Å²) < 4.78 is 40.7.